The first-order valence-electron chi connectivity index (χ1n) is 9.62. The molecular formula is C19H31N3O2S. The number of hydrogen-bond donors (Lipinski definition) is 1. The van der Waals surface area contributed by atoms with Gasteiger partial charge in [-0.1, -0.05) is 31.5 Å². The van der Waals surface area contributed by atoms with Gasteiger partial charge < -0.3 is 14.6 Å². The van der Waals surface area contributed by atoms with Crippen molar-refractivity contribution < 1.29 is 9.53 Å². The number of thioether (sulfide) groups is 1. The van der Waals surface area contributed by atoms with Gasteiger partial charge >= 0.3 is 0 Å². The van der Waals surface area contributed by atoms with Gasteiger partial charge in [0.15, 0.2) is 5.16 Å². The first kappa shape index (κ1) is 18.8. The molecule has 0 radical (unpaired) electrons. The lowest BCUT2D eigenvalue weighted by molar-refractivity contribution is -0.119. The van der Waals surface area contributed by atoms with Crippen molar-refractivity contribution in [3.8, 4) is 0 Å². The van der Waals surface area contributed by atoms with E-state index >= 15 is 0 Å². The van der Waals surface area contributed by atoms with Crippen LogP contribution in [0.3, 0.4) is 0 Å². The second kappa shape index (κ2) is 8.58. The van der Waals surface area contributed by atoms with E-state index in [2.05, 4.69) is 28.7 Å². The Hall–Kier alpha value is -1.01. The van der Waals surface area contributed by atoms with Crippen LogP contribution in [0.4, 0.5) is 0 Å². The Morgan fingerprint density at radius 2 is 2.08 bits per heavy atom. The number of imidazole rings is 1. The zero-order valence-electron chi connectivity index (χ0n) is 15.7. The molecule has 25 heavy (non-hydrogen) atoms. The minimum Gasteiger partial charge on any atom is -0.376 e. The van der Waals surface area contributed by atoms with Crippen LogP contribution in [-0.4, -0.2) is 40.0 Å². The molecule has 3 atom stereocenters. The Labute approximate surface area is 155 Å². The lowest BCUT2D eigenvalue weighted by Gasteiger charge is -2.29. The predicted molar refractivity (Wildman–Crippen MR) is 101 cm³/mol. The van der Waals surface area contributed by atoms with Gasteiger partial charge in [-0.25, -0.2) is 4.98 Å². The van der Waals surface area contributed by atoms with Gasteiger partial charge in [-0.15, -0.1) is 0 Å². The van der Waals surface area contributed by atoms with Crippen molar-refractivity contribution >= 4 is 17.7 Å². The molecule has 3 unspecified atom stereocenters. The van der Waals surface area contributed by atoms with Gasteiger partial charge in [-0.05, 0) is 45.4 Å². The quantitative estimate of drug-likeness (QED) is 0.784. The number of carbonyl (C=O) groups excluding carboxylic acids is 1. The maximum Gasteiger partial charge on any atom is 0.230 e. The van der Waals surface area contributed by atoms with Crippen LogP contribution in [0.2, 0.25) is 0 Å². The summed E-state index contributed by atoms with van der Waals surface area (Å²) in [6.07, 6.45) is 7.39. The average molecular weight is 366 g/mol. The van der Waals surface area contributed by atoms with Crippen LogP contribution in [0, 0.1) is 19.8 Å². The summed E-state index contributed by atoms with van der Waals surface area (Å²) in [5, 5.41) is 4.17. The molecule has 1 aliphatic heterocycles. The molecule has 1 aliphatic carbocycles. The summed E-state index contributed by atoms with van der Waals surface area (Å²) in [4.78, 5) is 17.1. The number of aromatic nitrogens is 2. The first-order chi connectivity index (χ1) is 12.0. The smallest absolute Gasteiger partial charge is 0.230 e. The Morgan fingerprint density at radius 1 is 1.28 bits per heavy atom. The number of rotatable bonds is 6. The summed E-state index contributed by atoms with van der Waals surface area (Å²) in [5.41, 5.74) is 2.22. The van der Waals surface area contributed by atoms with Crippen molar-refractivity contribution in [2.24, 2.45) is 5.92 Å². The molecule has 2 fully saturated rings. The van der Waals surface area contributed by atoms with Crippen molar-refractivity contribution in [1.29, 1.82) is 0 Å². The summed E-state index contributed by atoms with van der Waals surface area (Å²) < 4.78 is 8.01. The summed E-state index contributed by atoms with van der Waals surface area (Å²) in [7, 11) is 0. The monoisotopic (exact) mass is 365 g/mol. The maximum absolute atomic E-state index is 12.4. The number of carbonyl (C=O) groups is 1. The van der Waals surface area contributed by atoms with Crippen LogP contribution in [-0.2, 0) is 16.1 Å². The maximum atomic E-state index is 12.4. The Kier molecular flexibility index (Phi) is 6.44. The van der Waals surface area contributed by atoms with Gasteiger partial charge in [0.05, 0.1) is 24.1 Å². The van der Waals surface area contributed by atoms with Crippen LogP contribution < -0.4 is 5.32 Å². The van der Waals surface area contributed by atoms with Crippen LogP contribution in [0.25, 0.3) is 0 Å². The summed E-state index contributed by atoms with van der Waals surface area (Å²) in [5.74, 6) is 1.16. The number of ether oxygens (including phenoxy) is 1. The Balaban J connectivity index is 1.56. The van der Waals surface area contributed by atoms with Gasteiger partial charge in [-0.3, -0.25) is 4.79 Å². The molecule has 1 saturated carbocycles. The number of hydrogen-bond acceptors (Lipinski definition) is 4. The molecule has 1 N–H and O–H groups in total. The molecular weight excluding hydrogens is 334 g/mol. The van der Waals surface area contributed by atoms with Crippen molar-refractivity contribution in [2.75, 3.05) is 12.4 Å². The van der Waals surface area contributed by atoms with E-state index in [0.29, 0.717) is 17.7 Å². The van der Waals surface area contributed by atoms with Gasteiger partial charge in [-0.2, -0.15) is 0 Å². The first-order valence-corrected chi connectivity index (χ1v) is 10.6. The molecule has 2 heterocycles. The second-order valence-electron chi connectivity index (χ2n) is 7.54. The largest absolute Gasteiger partial charge is 0.376 e. The van der Waals surface area contributed by atoms with Gasteiger partial charge in [0, 0.05) is 18.3 Å². The fourth-order valence-corrected chi connectivity index (χ4v) is 4.76. The molecule has 1 aromatic rings. The molecule has 3 rings (SSSR count). The minimum atomic E-state index is 0.130. The van der Waals surface area contributed by atoms with E-state index in [0.717, 1.165) is 43.3 Å². The van der Waals surface area contributed by atoms with Gasteiger partial charge in [0.1, 0.15) is 0 Å². The third kappa shape index (κ3) is 4.79. The normalized spacial score (nSPS) is 26.8. The molecule has 140 valence electrons. The van der Waals surface area contributed by atoms with E-state index in [4.69, 9.17) is 4.74 Å². The Morgan fingerprint density at radius 3 is 2.80 bits per heavy atom. The number of nitrogens with one attached hydrogen (secondary N) is 1. The highest BCUT2D eigenvalue weighted by Crippen LogP contribution is 2.26. The van der Waals surface area contributed by atoms with E-state index in [-0.39, 0.29) is 12.0 Å². The average Bonchev–Trinajstić information content (AvgIpc) is 3.19. The fraction of sp³-hybridized carbons (Fsp3) is 0.789. The number of nitrogens with zero attached hydrogens (tertiary/aromatic N) is 2. The van der Waals surface area contributed by atoms with Crippen LogP contribution in [0.5, 0.6) is 0 Å². The van der Waals surface area contributed by atoms with Crippen molar-refractivity contribution in [3.63, 3.8) is 0 Å². The molecule has 0 bridgehead atoms. The summed E-state index contributed by atoms with van der Waals surface area (Å²) in [6.45, 7) is 8.09. The summed E-state index contributed by atoms with van der Waals surface area (Å²) >= 11 is 1.55. The van der Waals surface area contributed by atoms with Crippen LogP contribution in [0.1, 0.15) is 56.8 Å². The SMILES string of the molecule is Cc1nc(SCC(=O)NC2CCCCC2C)n(CC2CCCO2)c1C. The summed E-state index contributed by atoms with van der Waals surface area (Å²) in [6, 6.07) is 0.344. The zero-order chi connectivity index (χ0) is 17.8. The number of aryl methyl sites for hydroxylation is 1. The van der Waals surface area contributed by atoms with Crippen LogP contribution >= 0.6 is 11.8 Å². The van der Waals surface area contributed by atoms with Crippen molar-refractivity contribution in [1.82, 2.24) is 14.9 Å². The molecule has 1 aromatic heterocycles. The highest BCUT2D eigenvalue weighted by atomic mass is 32.2. The van der Waals surface area contributed by atoms with E-state index in [1.54, 1.807) is 11.8 Å². The van der Waals surface area contributed by atoms with Gasteiger partial charge in [0.2, 0.25) is 5.91 Å². The highest BCUT2D eigenvalue weighted by molar-refractivity contribution is 7.99. The second-order valence-corrected chi connectivity index (χ2v) is 8.48. The minimum absolute atomic E-state index is 0.130. The van der Waals surface area contributed by atoms with Gasteiger partial charge in [0.25, 0.3) is 0 Å². The molecule has 0 aromatic carbocycles. The lowest BCUT2D eigenvalue weighted by Crippen LogP contribution is -2.41. The molecule has 0 spiro atoms. The third-order valence-corrected chi connectivity index (χ3v) is 6.60. The van der Waals surface area contributed by atoms with Crippen molar-refractivity contribution in [3.05, 3.63) is 11.4 Å². The van der Waals surface area contributed by atoms with E-state index in [1.807, 2.05) is 6.92 Å². The molecule has 1 amide bonds. The Bertz CT molecular complexity index is 596. The molecule has 1 saturated heterocycles. The standard InChI is InChI=1S/C19H31N3O2S/c1-13-7-4-5-9-17(13)21-18(23)12-25-19-20-14(2)15(3)22(19)11-16-8-6-10-24-16/h13,16-17H,4-12H2,1-3H3,(H,21,23). The van der Waals surface area contributed by atoms with E-state index in [9.17, 15) is 4.79 Å². The number of amides is 1. The molecule has 2 aliphatic rings. The van der Waals surface area contributed by atoms with Crippen LogP contribution in [0.15, 0.2) is 5.16 Å². The fourth-order valence-electron chi connectivity index (χ4n) is 3.85. The van der Waals surface area contributed by atoms with Crippen molar-refractivity contribution in [2.45, 2.75) is 83.1 Å². The topological polar surface area (TPSA) is 56.2 Å². The zero-order valence-corrected chi connectivity index (χ0v) is 16.5. The predicted octanol–water partition coefficient (Wildman–Crippen LogP) is 3.47. The van der Waals surface area contributed by atoms with E-state index in [1.165, 1.54) is 25.0 Å². The lowest BCUT2D eigenvalue weighted by atomic mass is 9.86. The highest BCUT2D eigenvalue weighted by Gasteiger charge is 2.24. The molecule has 6 heteroatoms. The third-order valence-electron chi connectivity index (χ3n) is 5.62. The molecule has 5 nitrogen and oxygen atoms in total. The van der Waals surface area contributed by atoms with E-state index < -0.39 is 0 Å².